The zero-order chi connectivity index (χ0) is 11.4. The lowest BCUT2D eigenvalue weighted by Gasteiger charge is -2.00. The monoisotopic (exact) mass is 215 g/mol. The molecule has 0 amide bonds. The van der Waals surface area contributed by atoms with E-state index in [9.17, 15) is 5.11 Å². The van der Waals surface area contributed by atoms with Gasteiger partial charge < -0.3 is 15.4 Å². The quantitative estimate of drug-likeness (QED) is 0.535. The molecule has 1 aromatic heterocycles. The number of rotatable bonds is 4. The largest absolute Gasteiger partial charge is 0.508 e. The number of aromatic hydroxyl groups is 1. The first-order valence-electron chi connectivity index (χ1n) is 5.18. The molecule has 2 aromatic rings. The molecule has 4 heteroatoms. The van der Waals surface area contributed by atoms with Crippen molar-refractivity contribution in [3.05, 3.63) is 30.0 Å². The second-order valence-corrected chi connectivity index (χ2v) is 3.63. The normalized spacial score (nSPS) is 10.4. The number of phenolic OH excluding ortho intramolecular Hbond substituents is 1. The molecular weight excluding hydrogens is 202 g/mol. The van der Waals surface area contributed by atoms with Gasteiger partial charge in [-0.2, -0.15) is 5.26 Å². The van der Waals surface area contributed by atoms with Gasteiger partial charge in [-0.3, -0.25) is 0 Å². The number of nitrogens with one attached hydrogen (secondary N) is 2. The smallest absolute Gasteiger partial charge is 0.116 e. The highest BCUT2D eigenvalue weighted by Gasteiger charge is 2.03. The molecule has 3 N–H and O–H groups in total. The van der Waals surface area contributed by atoms with Crippen molar-refractivity contribution in [2.45, 2.75) is 6.42 Å². The van der Waals surface area contributed by atoms with Gasteiger partial charge in [-0.1, -0.05) is 0 Å². The number of aromatic nitrogens is 1. The Balaban J connectivity index is 2.12. The average molecular weight is 215 g/mol. The van der Waals surface area contributed by atoms with E-state index in [-0.39, 0.29) is 5.75 Å². The van der Waals surface area contributed by atoms with Crippen molar-refractivity contribution in [1.82, 2.24) is 10.3 Å². The van der Waals surface area contributed by atoms with E-state index in [4.69, 9.17) is 5.26 Å². The fraction of sp³-hybridized carbons (Fsp3) is 0.250. The van der Waals surface area contributed by atoms with Crippen LogP contribution in [0, 0.1) is 11.3 Å². The lowest BCUT2D eigenvalue weighted by Crippen LogP contribution is -2.16. The molecule has 0 aliphatic heterocycles. The van der Waals surface area contributed by atoms with E-state index in [1.165, 1.54) is 0 Å². The molecule has 0 bridgehead atoms. The fourth-order valence-corrected chi connectivity index (χ4v) is 1.74. The molecule has 4 nitrogen and oxygen atoms in total. The van der Waals surface area contributed by atoms with Gasteiger partial charge in [0.05, 0.1) is 12.6 Å². The van der Waals surface area contributed by atoms with Gasteiger partial charge in [0.2, 0.25) is 0 Å². The van der Waals surface area contributed by atoms with Gasteiger partial charge in [0.1, 0.15) is 5.75 Å². The number of hydrogen-bond donors (Lipinski definition) is 3. The highest BCUT2D eigenvalue weighted by atomic mass is 16.3. The predicted molar refractivity (Wildman–Crippen MR) is 62.2 cm³/mol. The molecule has 2 rings (SSSR count). The number of H-pyrrole nitrogens is 1. The minimum Gasteiger partial charge on any atom is -0.508 e. The molecule has 0 radical (unpaired) electrons. The van der Waals surface area contributed by atoms with Crippen molar-refractivity contribution >= 4 is 10.9 Å². The van der Waals surface area contributed by atoms with Crippen LogP contribution in [-0.2, 0) is 6.42 Å². The Hall–Kier alpha value is -1.99. The SMILES string of the molecule is N#CCNCCc1c[nH]c2ccc(O)cc12. The van der Waals surface area contributed by atoms with E-state index in [0.717, 1.165) is 29.4 Å². The third-order valence-electron chi connectivity index (χ3n) is 2.53. The van der Waals surface area contributed by atoms with Gasteiger partial charge in [0.25, 0.3) is 0 Å². The molecule has 0 aliphatic rings. The average Bonchev–Trinajstić information content (AvgIpc) is 2.67. The molecular formula is C12H13N3O. The van der Waals surface area contributed by atoms with Gasteiger partial charge in [0.15, 0.2) is 0 Å². The standard InChI is InChI=1S/C12H13N3O/c13-4-6-14-5-3-9-8-15-12-2-1-10(16)7-11(9)12/h1-2,7-8,14-16H,3,5-6H2. The van der Waals surface area contributed by atoms with Crippen LogP contribution in [0.5, 0.6) is 5.75 Å². The van der Waals surface area contributed by atoms with E-state index in [0.29, 0.717) is 6.54 Å². The highest BCUT2D eigenvalue weighted by molar-refractivity contribution is 5.84. The maximum absolute atomic E-state index is 9.41. The summed E-state index contributed by atoms with van der Waals surface area (Å²) in [6.07, 6.45) is 2.78. The first-order chi connectivity index (χ1) is 7.81. The van der Waals surface area contributed by atoms with Crippen LogP contribution in [0.3, 0.4) is 0 Å². The van der Waals surface area contributed by atoms with Crippen LogP contribution in [-0.4, -0.2) is 23.2 Å². The van der Waals surface area contributed by atoms with Gasteiger partial charge in [-0.25, -0.2) is 0 Å². The van der Waals surface area contributed by atoms with E-state index < -0.39 is 0 Å². The maximum Gasteiger partial charge on any atom is 0.116 e. The topological polar surface area (TPSA) is 71.8 Å². The molecule has 0 atom stereocenters. The van der Waals surface area contributed by atoms with Crippen LogP contribution in [0.15, 0.2) is 24.4 Å². The van der Waals surface area contributed by atoms with E-state index >= 15 is 0 Å². The highest BCUT2D eigenvalue weighted by Crippen LogP contribution is 2.22. The van der Waals surface area contributed by atoms with E-state index in [2.05, 4.69) is 10.3 Å². The lowest BCUT2D eigenvalue weighted by atomic mass is 10.1. The Labute approximate surface area is 93.5 Å². The minimum atomic E-state index is 0.276. The van der Waals surface area contributed by atoms with Crippen LogP contribution in [0.25, 0.3) is 10.9 Å². The minimum absolute atomic E-state index is 0.276. The van der Waals surface area contributed by atoms with Crippen LogP contribution in [0.2, 0.25) is 0 Å². The fourth-order valence-electron chi connectivity index (χ4n) is 1.74. The summed E-state index contributed by atoms with van der Waals surface area (Å²) < 4.78 is 0. The zero-order valence-electron chi connectivity index (χ0n) is 8.83. The van der Waals surface area contributed by atoms with Crippen molar-refractivity contribution < 1.29 is 5.11 Å². The number of benzene rings is 1. The summed E-state index contributed by atoms with van der Waals surface area (Å²) in [6.45, 7) is 1.13. The molecule has 0 saturated carbocycles. The molecule has 0 unspecified atom stereocenters. The van der Waals surface area contributed by atoms with Crippen molar-refractivity contribution in [3.63, 3.8) is 0 Å². The predicted octanol–water partition coefficient (Wildman–Crippen LogP) is 1.53. The van der Waals surface area contributed by atoms with Crippen molar-refractivity contribution in [2.75, 3.05) is 13.1 Å². The van der Waals surface area contributed by atoms with Crippen LogP contribution in [0.4, 0.5) is 0 Å². The summed E-state index contributed by atoms with van der Waals surface area (Å²) in [4.78, 5) is 3.15. The molecule has 0 spiro atoms. The van der Waals surface area contributed by atoms with Gasteiger partial charge >= 0.3 is 0 Å². The number of fused-ring (bicyclic) bond motifs is 1. The third-order valence-corrected chi connectivity index (χ3v) is 2.53. The summed E-state index contributed by atoms with van der Waals surface area (Å²) >= 11 is 0. The van der Waals surface area contributed by atoms with Crippen molar-refractivity contribution in [2.24, 2.45) is 0 Å². The summed E-state index contributed by atoms with van der Waals surface area (Å²) in [6, 6.07) is 7.31. The molecule has 1 heterocycles. The van der Waals surface area contributed by atoms with Crippen molar-refractivity contribution in [1.29, 1.82) is 5.26 Å². The zero-order valence-corrected chi connectivity index (χ0v) is 8.83. The second kappa shape index (κ2) is 4.69. The van der Waals surface area contributed by atoms with E-state index in [1.807, 2.05) is 18.3 Å². The number of nitriles is 1. The summed E-state index contributed by atoms with van der Waals surface area (Å²) in [7, 11) is 0. The molecule has 0 aliphatic carbocycles. The molecule has 1 aromatic carbocycles. The number of nitrogens with zero attached hydrogens (tertiary/aromatic N) is 1. The van der Waals surface area contributed by atoms with Crippen LogP contribution >= 0.6 is 0 Å². The van der Waals surface area contributed by atoms with Crippen LogP contribution in [0.1, 0.15) is 5.56 Å². The third kappa shape index (κ3) is 2.15. The number of hydrogen-bond acceptors (Lipinski definition) is 3. The summed E-state index contributed by atoms with van der Waals surface area (Å²) in [5, 5.41) is 21.8. The maximum atomic E-state index is 9.41. The molecule has 16 heavy (non-hydrogen) atoms. The lowest BCUT2D eigenvalue weighted by molar-refractivity contribution is 0.476. The first-order valence-corrected chi connectivity index (χ1v) is 5.18. The Morgan fingerprint density at radius 1 is 1.44 bits per heavy atom. The Morgan fingerprint density at radius 3 is 3.12 bits per heavy atom. The van der Waals surface area contributed by atoms with Gasteiger partial charge in [-0.05, 0) is 30.2 Å². The second-order valence-electron chi connectivity index (χ2n) is 3.63. The molecule has 82 valence electrons. The molecule has 0 saturated heterocycles. The Morgan fingerprint density at radius 2 is 2.31 bits per heavy atom. The first kappa shape index (κ1) is 10.5. The van der Waals surface area contributed by atoms with Crippen LogP contribution < -0.4 is 5.32 Å². The number of aromatic amines is 1. The van der Waals surface area contributed by atoms with Gasteiger partial charge in [0, 0.05) is 23.6 Å². The summed E-state index contributed by atoms with van der Waals surface area (Å²) in [5.74, 6) is 0.276. The number of phenols is 1. The van der Waals surface area contributed by atoms with Crippen molar-refractivity contribution in [3.8, 4) is 11.8 Å². The Kier molecular flexibility index (Phi) is 3.08. The Bertz CT molecular complexity index is 525. The van der Waals surface area contributed by atoms with E-state index in [1.54, 1.807) is 12.1 Å². The van der Waals surface area contributed by atoms with Gasteiger partial charge in [-0.15, -0.1) is 0 Å². The summed E-state index contributed by atoms with van der Waals surface area (Å²) in [5.41, 5.74) is 2.17. The molecule has 0 fully saturated rings.